The van der Waals surface area contributed by atoms with Gasteiger partial charge in [0.05, 0.1) is 24.5 Å². The molecule has 148 valence electrons. The SMILES string of the molecule is CC(C)C1NC2(C(=O)Nc3ccccc32)C2C(=O)N(CC3CCCO3)C(=O)C12. The molecule has 2 N–H and O–H groups in total. The van der Waals surface area contributed by atoms with Crippen LogP contribution in [0.1, 0.15) is 32.3 Å². The molecule has 7 heteroatoms. The van der Waals surface area contributed by atoms with Gasteiger partial charge in [0.1, 0.15) is 5.54 Å². The fraction of sp³-hybridized carbons (Fsp3) is 0.571. The number of para-hydroxylation sites is 1. The number of amides is 3. The summed E-state index contributed by atoms with van der Waals surface area (Å²) in [4.78, 5) is 41.4. The van der Waals surface area contributed by atoms with Crippen LogP contribution in [0.15, 0.2) is 24.3 Å². The molecule has 0 aromatic heterocycles. The molecule has 7 nitrogen and oxygen atoms in total. The van der Waals surface area contributed by atoms with Crippen LogP contribution in [0.3, 0.4) is 0 Å². The van der Waals surface area contributed by atoms with E-state index >= 15 is 0 Å². The van der Waals surface area contributed by atoms with Crippen LogP contribution < -0.4 is 10.6 Å². The van der Waals surface area contributed by atoms with Crippen LogP contribution in [0.25, 0.3) is 0 Å². The third-order valence-electron chi connectivity index (χ3n) is 6.78. The second-order valence-corrected chi connectivity index (χ2v) is 8.65. The molecule has 5 rings (SSSR count). The molecule has 1 aromatic carbocycles. The van der Waals surface area contributed by atoms with E-state index in [1.807, 2.05) is 38.1 Å². The summed E-state index contributed by atoms with van der Waals surface area (Å²) in [5.41, 5.74) is 0.285. The third kappa shape index (κ3) is 2.20. The van der Waals surface area contributed by atoms with Crippen LogP contribution in [0.4, 0.5) is 5.69 Å². The number of likely N-dealkylation sites (tertiary alicyclic amines) is 1. The number of fused-ring (bicyclic) bond motifs is 4. The average Bonchev–Trinajstić information content (AvgIpc) is 3.41. The van der Waals surface area contributed by atoms with E-state index in [1.165, 1.54) is 4.90 Å². The van der Waals surface area contributed by atoms with Crippen molar-refractivity contribution in [1.82, 2.24) is 10.2 Å². The van der Waals surface area contributed by atoms with Gasteiger partial charge in [-0.05, 0) is 24.8 Å². The molecule has 3 fully saturated rings. The van der Waals surface area contributed by atoms with Gasteiger partial charge in [0.15, 0.2) is 0 Å². The number of benzene rings is 1. The zero-order valence-corrected chi connectivity index (χ0v) is 16.1. The van der Waals surface area contributed by atoms with Crippen LogP contribution >= 0.6 is 0 Å². The Kier molecular flexibility index (Phi) is 3.90. The predicted octanol–water partition coefficient (Wildman–Crippen LogP) is 1.24. The molecule has 0 aliphatic carbocycles. The van der Waals surface area contributed by atoms with Crippen molar-refractivity contribution in [3.8, 4) is 0 Å². The van der Waals surface area contributed by atoms with Crippen molar-refractivity contribution in [3.63, 3.8) is 0 Å². The van der Waals surface area contributed by atoms with E-state index in [-0.39, 0.29) is 42.3 Å². The summed E-state index contributed by atoms with van der Waals surface area (Å²) in [6.45, 7) is 5.00. The van der Waals surface area contributed by atoms with Crippen LogP contribution in [0.2, 0.25) is 0 Å². The Morgan fingerprint density at radius 3 is 2.71 bits per heavy atom. The number of imide groups is 1. The van der Waals surface area contributed by atoms with Gasteiger partial charge in [0, 0.05) is 23.9 Å². The Hall–Kier alpha value is -2.25. The van der Waals surface area contributed by atoms with Gasteiger partial charge < -0.3 is 10.1 Å². The topological polar surface area (TPSA) is 87.7 Å². The molecular formula is C21H25N3O4. The molecule has 3 saturated heterocycles. The summed E-state index contributed by atoms with van der Waals surface area (Å²) < 4.78 is 5.66. The van der Waals surface area contributed by atoms with Gasteiger partial charge in [-0.2, -0.15) is 0 Å². The Morgan fingerprint density at radius 2 is 2.00 bits per heavy atom. The van der Waals surface area contributed by atoms with Crippen LogP contribution in [-0.2, 0) is 24.7 Å². The molecular weight excluding hydrogens is 358 g/mol. The summed E-state index contributed by atoms with van der Waals surface area (Å²) in [6.07, 6.45) is 1.70. The highest BCUT2D eigenvalue weighted by molar-refractivity contribution is 6.15. The number of rotatable bonds is 3. The highest BCUT2D eigenvalue weighted by Gasteiger charge is 2.70. The second kappa shape index (κ2) is 6.12. The van der Waals surface area contributed by atoms with E-state index < -0.39 is 17.4 Å². The van der Waals surface area contributed by atoms with E-state index in [1.54, 1.807) is 0 Å². The van der Waals surface area contributed by atoms with Gasteiger partial charge in [0.25, 0.3) is 0 Å². The molecule has 3 amide bonds. The molecule has 28 heavy (non-hydrogen) atoms. The van der Waals surface area contributed by atoms with Gasteiger partial charge in [-0.1, -0.05) is 32.0 Å². The normalized spacial score (nSPS) is 36.5. The third-order valence-corrected chi connectivity index (χ3v) is 6.78. The largest absolute Gasteiger partial charge is 0.376 e. The van der Waals surface area contributed by atoms with Crippen LogP contribution in [0.5, 0.6) is 0 Å². The minimum absolute atomic E-state index is 0.0992. The van der Waals surface area contributed by atoms with Crippen molar-refractivity contribution < 1.29 is 19.1 Å². The monoisotopic (exact) mass is 383 g/mol. The van der Waals surface area contributed by atoms with E-state index in [0.29, 0.717) is 12.3 Å². The Morgan fingerprint density at radius 1 is 1.21 bits per heavy atom. The van der Waals surface area contributed by atoms with Gasteiger partial charge in [-0.15, -0.1) is 0 Å². The number of nitrogens with one attached hydrogen (secondary N) is 2. The number of hydrogen-bond acceptors (Lipinski definition) is 5. The van der Waals surface area contributed by atoms with Crippen LogP contribution in [0, 0.1) is 17.8 Å². The molecule has 5 unspecified atom stereocenters. The number of carbonyl (C=O) groups excluding carboxylic acids is 3. The van der Waals surface area contributed by atoms with E-state index in [2.05, 4.69) is 10.6 Å². The lowest BCUT2D eigenvalue weighted by molar-refractivity contribution is -0.144. The predicted molar refractivity (Wildman–Crippen MR) is 101 cm³/mol. The first-order chi connectivity index (χ1) is 13.4. The molecule has 0 saturated carbocycles. The quantitative estimate of drug-likeness (QED) is 0.767. The number of carbonyl (C=O) groups is 3. The number of nitrogens with zero attached hydrogens (tertiary/aromatic N) is 1. The summed E-state index contributed by atoms with van der Waals surface area (Å²) >= 11 is 0. The van der Waals surface area contributed by atoms with Gasteiger partial charge >= 0.3 is 0 Å². The summed E-state index contributed by atoms with van der Waals surface area (Å²) in [6, 6.07) is 7.20. The van der Waals surface area contributed by atoms with Crippen molar-refractivity contribution in [2.75, 3.05) is 18.5 Å². The molecule has 1 spiro atoms. The van der Waals surface area contributed by atoms with E-state index in [4.69, 9.17) is 4.74 Å². The zero-order chi connectivity index (χ0) is 19.6. The Bertz CT molecular complexity index is 863. The van der Waals surface area contributed by atoms with Crippen molar-refractivity contribution in [2.24, 2.45) is 17.8 Å². The first-order valence-corrected chi connectivity index (χ1v) is 10.1. The van der Waals surface area contributed by atoms with Crippen molar-refractivity contribution in [3.05, 3.63) is 29.8 Å². The lowest BCUT2D eigenvalue weighted by Gasteiger charge is -2.30. The highest BCUT2D eigenvalue weighted by atomic mass is 16.5. The second-order valence-electron chi connectivity index (χ2n) is 8.65. The molecule has 4 heterocycles. The van der Waals surface area contributed by atoms with E-state index in [0.717, 1.165) is 18.4 Å². The van der Waals surface area contributed by atoms with Gasteiger partial charge in [0.2, 0.25) is 17.7 Å². The standard InChI is InChI=1S/C21H25N3O4/c1-11(2)17-15-16(19(26)24(18(15)25)10-12-6-5-9-28-12)21(23-17)13-7-3-4-8-14(13)22-20(21)27/h3-4,7-8,11-12,15-17,23H,5-6,9-10H2,1-2H3,(H,22,27). The smallest absolute Gasteiger partial charge is 0.250 e. The minimum atomic E-state index is -1.19. The van der Waals surface area contributed by atoms with Crippen LogP contribution in [-0.4, -0.2) is 47.9 Å². The zero-order valence-electron chi connectivity index (χ0n) is 16.1. The average molecular weight is 383 g/mol. The summed E-state index contributed by atoms with van der Waals surface area (Å²) in [5, 5.41) is 6.35. The molecule has 4 aliphatic heterocycles. The summed E-state index contributed by atoms with van der Waals surface area (Å²) in [5.74, 6) is -1.83. The van der Waals surface area contributed by atoms with E-state index in [9.17, 15) is 14.4 Å². The molecule has 0 radical (unpaired) electrons. The maximum atomic E-state index is 13.5. The van der Waals surface area contributed by atoms with Crippen molar-refractivity contribution in [1.29, 1.82) is 0 Å². The maximum Gasteiger partial charge on any atom is 0.250 e. The molecule has 5 atom stereocenters. The van der Waals surface area contributed by atoms with Gasteiger partial charge in [-0.25, -0.2) is 0 Å². The Labute approximate surface area is 163 Å². The maximum absolute atomic E-state index is 13.5. The molecule has 0 bridgehead atoms. The van der Waals surface area contributed by atoms with Crippen molar-refractivity contribution >= 4 is 23.4 Å². The van der Waals surface area contributed by atoms with Crippen molar-refractivity contribution in [2.45, 2.75) is 44.4 Å². The highest BCUT2D eigenvalue weighted by Crippen LogP contribution is 2.53. The summed E-state index contributed by atoms with van der Waals surface area (Å²) in [7, 11) is 0. The number of ether oxygens (including phenoxy) is 1. The minimum Gasteiger partial charge on any atom is -0.376 e. The lowest BCUT2D eigenvalue weighted by Crippen LogP contribution is -2.54. The number of hydrogen-bond donors (Lipinski definition) is 2. The fourth-order valence-corrected chi connectivity index (χ4v) is 5.50. The first-order valence-electron chi connectivity index (χ1n) is 10.1. The Balaban J connectivity index is 1.59. The first kappa shape index (κ1) is 17.8. The fourth-order valence-electron chi connectivity index (χ4n) is 5.50. The lowest BCUT2D eigenvalue weighted by atomic mass is 9.76. The molecule has 1 aromatic rings. The number of anilines is 1. The molecule has 4 aliphatic rings. The van der Waals surface area contributed by atoms with Gasteiger partial charge in [-0.3, -0.25) is 24.6 Å².